The molecule has 1 heterocycles. The number of esters is 1. The lowest BCUT2D eigenvalue weighted by atomic mass is 10.2. The van der Waals surface area contributed by atoms with Gasteiger partial charge in [0.15, 0.2) is 0 Å². The van der Waals surface area contributed by atoms with Crippen LogP contribution in [0, 0.1) is 0 Å². The smallest absolute Gasteiger partial charge is 0.325 e. The summed E-state index contributed by atoms with van der Waals surface area (Å²) in [5.41, 5.74) is 0. The van der Waals surface area contributed by atoms with Gasteiger partial charge in [0, 0.05) is 19.5 Å². The van der Waals surface area contributed by atoms with Crippen LogP contribution in [0.3, 0.4) is 0 Å². The third-order valence-corrected chi connectivity index (χ3v) is 3.39. The Morgan fingerprint density at radius 1 is 1.30 bits per heavy atom. The van der Waals surface area contributed by atoms with Crippen molar-refractivity contribution in [3.8, 4) is 0 Å². The molecule has 114 valence electrons. The predicted octanol–water partition coefficient (Wildman–Crippen LogP) is 0.801. The van der Waals surface area contributed by atoms with Crippen molar-refractivity contribution in [2.45, 2.75) is 39.0 Å². The highest BCUT2D eigenvalue weighted by Crippen LogP contribution is 2.11. The molecule has 20 heavy (non-hydrogen) atoms. The molecule has 2 amide bonds. The van der Waals surface area contributed by atoms with Crippen molar-refractivity contribution in [3.63, 3.8) is 0 Å². The molecule has 1 aliphatic heterocycles. The van der Waals surface area contributed by atoms with Gasteiger partial charge in [-0.15, -0.1) is 0 Å². The van der Waals surface area contributed by atoms with E-state index in [1.165, 1.54) is 12.0 Å². The Balaban J connectivity index is 2.59. The van der Waals surface area contributed by atoms with Crippen LogP contribution in [0.4, 0.5) is 0 Å². The number of hydrogen-bond donors (Lipinski definition) is 0. The SMILES string of the molecule is CCCN(CC(=O)OC)C(=O)CN1CCCCCC1=O. The molecular weight excluding hydrogens is 260 g/mol. The monoisotopic (exact) mass is 284 g/mol. The molecule has 0 aliphatic carbocycles. The van der Waals surface area contributed by atoms with E-state index in [0.717, 1.165) is 25.7 Å². The van der Waals surface area contributed by atoms with Crippen LogP contribution in [-0.4, -0.2) is 60.9 Å². The highest BCUT2D eigenvalue weighted by molar-refractivity contribution is 5.87. The first-order valence-electron chi connectivity index (χ1n) is 7.20. The Kier molecular flexibility index (Phi) is 7.04. The van der Waals surface area contributed by atoms with Crippen molar-refractivity contribution < 1.29 is 19.1 Å². The van der Waals surface area contributed by atoms with Crippen molar-refractivity contribution in [1.82, 2.24) is 9.80 Å². The summed E-state index contributed by atoms with van der Waals surface area (Å²) >= 11 is 0. The van der Waals surface area contributed by atoms with E-state index in [1.54, 1.807) is 4.90 Å². The quantitative estimate of drug-likeness (QED) is 0.677. The molecule has 0 saturated carbocycles. The lowest BCUT2D eigenvalue weighted by Gasteiger charge is -2.25. The van der Waals surface area contributed by atoms with Gasteiger partial charge in [0.25, 0.3) is 0 Å². The zero-order valence-corrected chi connectivity index (χ0v) is 12.4. The molecule has 1 fully saturated rings. The summed E-state index contributed by atoms with van der Waals surface area (Å²) in [6.45, 7) is 3.08. The van der Waals surface area contributed by atoms with E-state index in [-0.39, 0.29) is 24.9 Å². The molecule has 0 spiro atoms. The van der Waals surface area contributed by atoms with Crippen molar-refractivity contribution in [2.24, 2.45) is 0 Å². The van der Waals surface area contributed by atoms with Crippen molar-refractivity contribution >= 4 is 17.8 Å². The number of hydrogen-bond acceptors (Lipinski definition) is 4. The second-order valence-electron chi connectivity index (χ2n) is 5.02. The number of nitrogens with zero attached hydrogens (tertiary/aromatic N) is 2. The van der Waals surface area contributed by atoms with Crippen molar-refractivity contribution in [2.75, 3.05) is 33.3 Å². The molecule has 1 aliphatic rings. The van der Waals surface area contributed by atoms with E-state index in [0.29, 0.717) is 19.5 Å². The van der Waals surface area contributed by atoms with E-state index in [1.807, 2.05) is 6.92 Å². The van der Waals surface area contributed by atoms with Crippen molar-refractivity contribution in [1.29, 1.82) is 0 Å². The first-order chi connectivity index (χ1) is 9.58. The average molecular weight is 284 g/mol. The highest BCUT2D eigenvalue weighted by atomic mass is 16.5. The number of carbonyl (C=O) groups excluding carboxylic acids is 3. The molecule has 1 saturated heterocycles. The number of methoxy groups -OCH3 is 1. The molecule has 0 bridgehead atoms. The number of carbonyl (C=O) groups is 3. The Morgan fingerprint density at radius 2 is 2.05 bits per heavy atom. The molecule has 1 rings (SSSR count). The van der Waals surface area contributed by atoms with E-state index >= 15 is 0 Å². The molecule has 0 aromatic carbocycles. The van der Waals surface area contributed by atoms with Crippen molar-refractivity contribution in [3.05, 3.63) is 0 Å². The maximum Gasteiger partial charge on any atom is 0.325 e. The van der Waals surface area contributed by atoms with Crippen LogP contribution in [0.25, 0.3) is 0 Å². The average Bonchev–Trinajstić information content (AvgIpc) is 2.63. The minimum Gasteiger partial charge on any atom is -0.468 e. The maximum atomic E-state index is 12.2. The fraction of sp³-hybridized carbons (Fsp3) is 0.786. The minimum atomic E-state index is -0.436. The van der Waals surface area contributed by atoms with Crippen LogP contribution in [0.5, 0.6) is 0 Å². The summed E-state index contributed by atoms with van der Waals surface area (Å²) in [6.07, 6.45) is 4.13. The number of likely N-dealkylation sites (tertiary alicyclic amines) is 1. The first kappa shape index (κ1) is 16.5. The summed E-state index contributed by atoms with van der Waals surface area (Å²) in [4.78, 5) is 38.5. The lowest BCUT2D eigenvalue weighted by molar-refractivity contribution is -0.148. The minimum absolute atomic E-state index is 0.0327. The van der Waals surface area contributed by atoms with E-state index in [2.05, 4.69) is 4.74 Å². The van der Waals surface area contributed by atoms with Crippen LogP contribution in [-0.2, 0) is 19.1 Å². The van der Waals surface area contributed by atoms with Gasteiger partial charge >= 0.3 is 5.97 Å². The number of rotatable bonds is 6. The third-order valence-electron chi connectivity index (χ3n) is 3.39. The highest BCUT2D eigenvalue weighted by Gasteiger charge is 2.23. The fourth-order valence-corrected chi connectivity index (χ4v) is 2.25. The summed E-state index contributed by atoms with van der Waals surface area (Å²) in [5.74, 6) is -0.591. The second-order valence-corrected chi connectivity index (χ2v) is 5.02. The molecule has 6 nitrogen and oxygen atoms in total. The van der Waals surface area contributed by atoms with E-state index in [9.17, 15) is 14.4 Å². The van der Waals surface area contributed by atoms with Gasteiger partial charge in [-0.25, -0.2) is 0 Å². The molecule has 0 unspecified atom stereocenters. The predicted molar refractivity (Wildman–Crippen MR) is 73.9 cm³/mol. The maximum absolute atomic E-state index is 12.2. The topological polar surface area (TPSA) is 66.9 Å². The summed E-state index contributed by atoms with van der Waals surface area (Å²) in [5, 5.41) is 0. The van der Waals surface area contributed by atoms with Crippen LogP contribution in [0.2, 0.25) is 0 Å². The van der Waals surface area contributed by atoms with Gasteiger partial charge in [0.05, 0.1) is 13.7 Å². The van der Waals surface area contributed by atoms with Crippen LogP contribution < -0.4 is 0 Å². The Bertz CT molecular complexity index is 357. The van der Waals surface area contributed by atoms with Gasteiger partial charge in [-0.05, 0) is 19.3 Å². The summed E-state index contributed by atoms with van der Waals surface area (Å²) in [6, 6.07) is 0. The molecule has 0 N–H and O–H groups in total. The number of amides is 2. The Labute approximate surface area is 120 Å². The first-order valence-corrected chi connectivity index (χ1v) is 7.20. The Hall–Kier alpha value is -1.59. The van der Waals surface area contributed by atoms with Gasteiger partial charge in [0.1, 0.15) is 6.54 Å². The molecular formula is C14H24N2O4. The van der Waals surface area contributed by atoms with Gasteiger partial charge in [-0.3, -0.25) is 14.4 Å². The Morgan fingerprint density at radius 3 is 2.70 bits per heavy atom. The molecule has 0 aromatic heterocycles. The summed E-state index contributed by atoms with van der Waals surface area (Å²) in [7, 11) is 1.30. The number of ether oxygens (including phenoxy) is 1. The van der Waals surface area contributed by atoms with Crippen LogP contribution in [0.1, 0.15) is 39.0 Å². The van der Waals surface area contributed by atoms with Gasteiger partial charge in [-0.1, -0.05) is 13.3 Å². The molecule has 0 atom stereocenters. The van der Waals surface area contributed by atoms with Gasteiger partial charge in [0.2, 0.25) is 11.8 Å². The molecule has 0 radical (unpaired) electrons. The zero-order chi connectivity index (χ0) is 15.0. The van der Waals surface area contributed by atoms with Gasteiger partial charge in [-0.2, -0.15) is 0 Å². The largest absolute Gasteiger partial charge is 0.468 e. The second kappa shape index (κ2) is 8.55. The van der Waals surface area contributed by atoms with Crippen LogP contribution in [0.15, 0.2) is 0 Å². The van der Waals surface area contributed by atoms with E-state index in [4.69, 9.17) is 0 Å². The van der Waals surface area contributed by atoms with Gasteiger partial charge < -0.3 is 14.5 Å². The molecule has 6 heteroatoms. The standard InChI is InChI=1S/C14H24N2O4/c1-3-8-15(11-14(19)20-2)13(18)10-16-9-6-4-5-7-12(16)17/h3-11H2,1-2H3. The molecule has 0 aromatic rings. The van der Waals surface area contributed by atoms with Crippen LogP contribution >= 0.6 is 0 Å². The third kappa shape index (κ3) is 5.19. The zero-order valence-electron chi connectivity index (χ0n) is 12.4. The van der Waals surface area contributed by atoms with E-state index < -0.39 is 5.97 Å². The fourth-order valence-electron chi connectivity index (χ4n) is 2.25. The summed E-state index contributed by atoms with van der Waals surface area (Å²) < 4.78 is 4.59. The normalized spacial score (nSPS) is 15.7. The lowest BCUT2D eigenvalue weighted by Crippen LogP contribution is -2.45.